The van der Waals surface area contributed by atoms with Gasteiger partial charge < -0.3 is 9.84 Å². The number of carbonyl (C=O) groups is 1. The molecule has 1 unspecified atom stereocenters. The Hall–Kier alpha value is -1.52. The Morgan fingerprint density at radius 1 is 1.36 bits per heavy atom. The Balaban J connectivity index is 2.42. The fourth-order valence-corrected chi connectivity index (χ4v) is 2.91. The summed E-state index contributed by atoms with van der Waals surface area (Å²) in [6.45, 7) is 5.73. The van der Waals surface area contributed by atoms with Gasteiger partial charge in [-0.25, -0.2) is 0 Å². The maximum absolute atomic E-state index is 12.5. The number of nitrogens with zero attached hydrogens (tertiary/aromatic N) is 1. The van der Waals surface area contributed by atoms with Crippen LogP contribution in [0.5, 0.6) is 0 Å². The summed E-state index contributed by atoms with van der Waals surface area (Å²) in [5.74, 6) is 0.206. The van der Waals surface area contributed by atoms with Gasteiger partial charge in [-0.3, -0.25) is 4.79 Å². The minimum atomic E-state index is -0.231. The first-order chi connectivity index (χ1) is 10.5. The largest absolute Gasteiger partial charge is 0.360 e. The Kier molecular flexibility index (Phi) is 5.48. The summed E-state index contributed by atoms with van der Waals surface area (Å²) in [5.41, 5.74) is 1.25. The first-order valence-corrected chi connectivity index (χ1v) is 7.92. The molecule has 4 nitrogen and oxygen atoms in total. The average Bonchev–Trinajstić information content (AvgIpc) is 2.80. The molecule has 0 aliphatic rings. The number of carbonyl (C=O) groups excluding carboxylic acids is 1. The van der Waals surface area contributed by atoms with Gasteiger partial charge in [-0.05, 0) is 32.4 Å². The molecular weight excluding hydrogens is 323 g/mol. The first-order valence-electron chi connectivity index (χ1n) is 7.17. The van der Waals surface area contributed by atoms with Crippen LogP contribution in [0.3, 0.4) is 0 Å². The van der Waals surface area contributed by atoms with Crippen LogP contribution in [-0.2, 0) is 0 Å². The van der Waals surface area contributed by atoms with E-state index in [9.17, 15) is 4.79 Å². The molecule has 2 rings (SSSR count). The van der Waals surface area contributed by atoms with Crippen LogP contribution in [0.4, 0.5) is 0 Å². The maximum Gasteiger partial charge on any atom is 0.257 e. The summed E-state index contributed by atoms with van der Waals surface area (Å²) >= 11 is 12.4. The zero-order valence-corrected chi connectivity index (χ0v) is 14.3. The molecule has 1 atom stereocenters. The van der Waals surface area contributed by atoms with Gasteiger partial charge in [0.25, 0.3) is 5.91 Å². The smallest absolute Gasteiger partial charge is 0.257 e. The van der Waals surface area contributed by atoms with E-state index in [0.29, 0.717) is 32.6 Å². The van der Waals surface area contributed by atoms with Crippen LogP contribution in [0.2, 0.25) is 10.0 Å². The van der Waals surface area contributed by atoms with Gasteiger partial charge in [0.1, 0.15) is 17.0 Å². The summed E-state index contributed by atoms with van der Waals surface area (Å²) in [7, 11) is 0. The van der Waals surface area contributed by atoms with Crippen LogP contribution < -0.4 is 5.32 Å². The van der Waals surface area contributed by atoms with Crippen LogP contribution in [0.15, 0.2) is 22.7 Å². The number of rotatable bonds is 5. The molecule has 0 bridgehead atoms. The summed E-state index contributed by atoms with van der Waals surface area (Å²) in [6.07, 6.45) is 1.89. The van der Waals surface area contributed by atoms with Crippen molar-refractivity contribution >= 4 is 29.1 Å². The number of halogens is 2. The lowest BCUT2D eigenvalue weighted by molar-refractivity contribution is 0.0937. The van der Waals surface area contributed by atoms with E-state index in [1.165, 1.54) is 0 Å². The number of nitrogens with one attached hydrogen (secondary N) is 1. The second kappa shape index (κ2) is 7.16. The molecule has 1 aromatic heterocycles. The van der Waals surface area contributed by atoms with Crippen molar-refractivity contribution in [2.45, 2.75) is 39.7 Å². The molecule has 0 saturated heterocycles. The third-order valence-corrected chi connectivity index (χ3v) is 4.02. The van der Waals surface area contributed by atoms with Gasteiger partial charge in [-0.15, -0.1) is 0 Å². The van der Waals surface area contributed by atoms with E-state index in [0.717, 1.165) is 12.8 Å². The summed E-state index contributed by atoms with van der Waals surface area (Å²) in [4.78, 5) is 12.5. The molecule has 1 heterocycles. The molecule has 2 aromatic rings. The van der Waals surface area contributed by atoms with E-state index in [1.807, 2.05) is 6.92 Å². The van der Waals surface area contributed by atoms with Crippen molar-refractivity contribution < 1.29 is 9.32 Å². The van der Waals surface area contributed by atoms with Crippen LogP contribution in [0.1, 0.15) is 42.8 Å². The SMILES string of the molecule is CCCC(C)NC(=O)c1c(-c2c(Cl)cccc2Cl)noc1C. The highest BCUT2D eigenvalue weighted by atomic mass is 35.5. The van der Waals surface area contributed by atoms with Gasteiger partial charge >= 0.3 is 0 Å². The lowest BCUT2D eigenvalue weighted by Crippen LogP contribution is -2.32. The molecule has 0 radical (unpaired) electrons. The molecule has 0 fully saturated rings. The molecule has 0 saturated carbocycles. The van der Waals surface area contributed by atoms with Crippen LogP contribution >= 0.6 is 23.2 Å². The highest BCUT2D eigenvalue weighted by Gasteiger charge is 2.25. The fourth-order valence-electron chi connectivity index (χ4n) is 2.34. The van der Waals surface area contributed by atoms with Gasteiger partial charge in [-0.2, -0.15) is 0 Å². The van der Waals surface area contributed by atoms with Gasteiger partial charge in [-0.1, -0.05) is 47.8 Å². The van der Waals surface area contributed by atoms with E-state index in [2.05, 4.69) is 17.4 Å². The summed E-state index contributed by atoms with van der Waals surface area (Å²) in [5, 5.41) is 7.78. The number of benzene rings is 1. The van der Waals surface area contributed by atoms with Crippen molar-refractivity contribution in [1.29, 1.82) is 0 Å². The van der Waals surface area contributed by atoms with Crippen molar-refractivity contribution in [2.75, 3.05) is 0 Å². The van der Waals surface area contributed by atoms with Crippen molar-refractivity contribution in [3.8, 4) is 11.3 Å². The molecule has 0 aliphatic carbocycles. The third-order valence-electron chi connectivity index (χ3n) is 3.39. The van der Waals surface area contributed by atoms with Crippen LogP contribution in [-0.4, -0.2) is 17.1 Å². The zero-order chi connectivity index (χ0) is 16.3. The van der Waals surface area contributed by atoms with Crippen molar-refractivity contribution in [3.05, 3.63) is 39.6 Å². The standard InChI is InChI=1S/C16H18Cl2N2O2/c1-4-6-9(2)19-16(21)13-10(3)22-20-15(13)14-11(17)7-5-8-12(14)18/h5,7-9H,4,6H2,1-3H3,(H,19,21). The van der Waals surface area contributed by atoms with Gasteiger partial charge in [0, 0.05) is 11.6 Å². The Morgan fingerprint density at radius 2 is 2.00 bits per heavy atom. The van der Waals surface area contributed by atoms with E-state index < -0.39 is 0 Å². The second-order valence-corrected chi connectivity index (χ2v) is 6.04. The molecular formula is C16H18Cl2N2O2. The van der Waals surface area contributed by atoms with Crippen molar-refractivity contribution in [3.63, 3.8) is 0 Å². The normalized spacial score (nSPS) is 12.2. The second-order valence-electron chi connectivity index (χ2n) is 5.22. The minimum absolute atomic E-state index is 0.0707. The Bertz CT molecular complexity index is 663. The van der Waals surface area contributed by atoms with Crippen molar-refractivity contribution in [1.82, 2.24) is 10.5 Å². The monoisotopic (exact) mass is 340 g/mol. The molecule has 6 heteroatoms. The highest BCUT2D eigenvalue weighted by molar-refractivity contribution is 6.39. The van der Waals surface area contributed by atoms with Gasteiger partial charge in [0.2, 0.25) is 0 Å². The number of amides is 1. The van der Waals surface area contributed by atoms with E-state index in [1.54, 1.807) is 25.1 Å². The molecule has 0 aliphatic heterocycles. The average molecular weight is 341 g/mol. The minimum Gasteiger partial charge on any atom is -0.360 e. The van der Waals surface area contributed by atoms with E-state index in [4.69, 9.17) is 27.7 Å². The molecule has 118 valence electrons. The lowest BCUT2D eigenvalue weighted by atomic mass is 10.0. The van der Waals surface area contributed by atoms with E-state index in [-0.39, 0.29) is 11.9 Å². The number of aromatic nitrogens is 1. The predicted octanol–water partition coefficient (Wildman–Crippen LogP) is 4.88. The fraction of sp³-hybridized carbons (Fsp3) is 0.375. The highest BCUT2D eigenvalue weighted by Crippen LogP contribution is 2.36. The van der Waals surface area contributed by atoms with Crippen LogP contribution in [0.25, 0.3) is 11.3 Å². The maximum atomic E-state index is 12.5. The molecule has 1 aromatic carbocycles. The summed E-state index contributed by atoms with van der Waals surface area (Å²) in [6, 6.07) is 5.22. The Labute approximate surface area is 139 Å². The number of hydrogen-bond donors (Lipinski definition) is 1. The molecule has 1 N–H and O–H groups in total. The van der Waals surface area contributed by atoms with Gasteiger partial charge in [0.05, 0.1) is 10.0 Å². The molecule has 0 spiro atoms. The number of hydrogen-bond acceptors (Lipinski definition) is 3. The molecule has 22 heavy (non-hydrogen) atoms. The topological polar surface area (TPSA) is 55.1 Å². The van der Waals surface area contributed by atoms with Crippen molar-refractivity contribution in [2.24, 2.45) is 0 Å². The number of aryl methyl sites for hydroxylation is 1. The predicted molar refractivity (Wildman–Crippen MR) is 88.5 cm³/mol. The van der Waals surface area contributed by atoms with Gasteiger partial charge in [0.15, 0.2) is 0 Å². The summed E-state index contributed by atoms with van der Waals surface area (Å²) < 4.78 is 5.19. The molecule has 1 amide bonds. The van der Waals surface area contributed by atoms with Crippen LogP contribution in [0, 0.1) is 6.92 Å². The third kappa shape index (κ3) is 3.45. The quantitative estimate of drug-likeness (QED) is 0.844. The zero-order valence-electron chi connectivity index (χ0n) is 12.7. The first kappa shape index (κ1) is 16.8. The lowest BCUT2D eigenvalue weighted by Gasteiger charge is -2.13. The van der Waals surface area contributed by atoms with E-state index >= 15 is 0 Å². The Morgan fingerprint density at radius 3 is 2.59 bits per heavy atom.